The summed E-state index contributed by atoms with van der Waals surface area (Å²) in [5.74, 6) is 0.556. The summed E-state index contributed by atoms with van der Waals surface area (Å²) in [6.45, 7) is 4.42. The van der Waals surface area contributed by atoms with Crippen molar-refractivity contribution in [2.24, 2.45) is 5.92 Å². The molecule has 0 aromatic heterocycles. The topological polar surface area (TPSA) is 63.7 Å². The summed E-state index contributed by atoms with van der Waals surface area (Å²) in [5, 5.41) is 0. The number of fused-ring (bicyclic) bond motifs is 1. The molecule has 0 aliphatic carbocycles. The number of carbonyl (C=O) groups is 1. The molecule has 1 aromatic carbocycles. The van der Waals surface area contributed by atoms with Crippen LogP contribution in [0.2, 0.25) is 0 Å². The first kappa shape index (κ1) is 14.1. The summed E-state index contributed by atoms with van der Waals surface area (Å²) in [6, 6.07) is 4.26. The first-order valence-electron chi connectivity index (χ1n) is 5.81. The van der Waals surface area contributed by atoms with Gasteiger partial charge in [-0.1, -0.05) is 13.8 Å². The van der Waals surface area contributed by atoms with Gasteiger partial charge >= 0.3 is 0 Å². The lowest BCUT2D eigenvalue weighted by molar-refractivity contribution is -0.121. The summed E-state index contributed by atoms with van der Waals surface area (Å²) in [4.78, 5) is 13.4. The van der Waals surface area contributed by atoms with Gasteiger partial charge in [-0.3, -0.25) is 4.79 Å². The highest BCUT2D eigenvalue weighted by molar-refractivity contribution is 8.13. The van der Waals surface area contributed by atoms with Crippen molar-refractivity contribution in [3.05, 3.63) is 18.2 Å². The third kappa shape index (κ3) is 3.01. The van der Waals surface area contributed by atoms with Gasteiger partial charge in [0.1, 0.15) is 5.75 Å². The lowest BCUT2D eigenvalue weighted by atomic mass is 10.1. The van der Waals surface area contributed by atoms with Gasteiger partial charge in [-0.05, 0) is 24.1 Å². The summed E-state index contributed by atoms with van der Waals surface area (Å²) < 4.78 is 28.0. The Hall–Kier alpha value is -1.27. The maximum atomic E-state index is 11.9. The molecule has 104 valence electrons. The summed E-state index contributed by atoms with van der Waals surface area (Å²) in [6.07, 6.45) is 0. The van der Waals surface area contributed by atoms with Crippen LogP contribution in [-0.4, -0.2) is 27.5 Å². The van der Waals surface area contributed by atoms with E-state index in [0.717, 1.165) is 0 Å². The number of halogens is 1. The number of ether oxygens (including phenoxy) is 1. The van der Waals surface area contributed by atoms with Crippen LogP contribution in [0.4, 0.5) is 5.69 Å². The van der Waals surface area contributed by atoms with E-state index in [1.54, 1.807) is 0 Å². The highest BCUT2D eigenvalue weighted by atomic mass is 35.7. The number of anilines is 1. The smallest absolute Gasteiger partial charge is 0.265 e. The summed E-state index contributed by atoms with van der Waals surface area (Å²) >= 11 is 0. The Bertz CT molecular complexity index is 612. The van der Waals surface area contributed by atoms with Gasteiger partial charge in [0.25, 0.3) is 15.0 Å². The van der Waals surface area contributed by atoms with E-state index in [2.05, 4.69) is 0 Å². The molecule has 0 fully saturated rings. The van der Waals surface area contributed by atoms with Gasteiger partial charge in [-0.25, -0.2) is 8.42 Å². The number of amides is 1. The van der Waals surface area contributed by atoms with Gasteiger partial charge in [-0.2, -0.15) is 0 Å². The minimum absolute atomic E-state index is 0.0350. The van der Waals surface area contributed by atoms with Crippen molar-refractivity contribution in [2.45, 2.75) is 18.7 Å². The molecule has 5 nitrogen and oxygen atoms in total. The average molecular weight is 304 g/mol. The third-order valence-electron chi connectivity index (χ3n) is 2.70. The molecule has 0 saturated carbocycles. The molecule has 0 saturated heterocycles. The fraction of sp³-hybridized carbons (Fsp3) is 0.417. The maximum absolute atomic E-state index is 11.9. The maximum Gasteiger partial charge on any atom is 0.265 e. The molecule has 1 aliphatic rings. The third-order valence-corrected chi connectivity index (χ3v) is 4.05. The molecular weight excluding hydrogens is 290 g/mol. The van der Waals surface area contributed by atoms with Gasteiger partial charge in [0.05, 0.1) is 10.6 Å². The van der Waals surface area contributed by atoms with E-state index in [9.17, 15) is 13.2 Å². The van der Waals surface area contributed by atoms with Crippen LogP contribution >= 0.6 is 10.7 Å². The summed E-state index contributed by atoms with van der Waals surface area (Å²) in [5.41, 5.74) is 0.451. The van der Waals surface area contributed by atoms with Crippen LogP contribution in [0.25, 0.3) is 0 Å². The number of carbonyl (C=O) groups excluding carboxylic acids is 1. The van der Waals surface area contributed by atoms with E-state index < -0.39 is 9.05 Å². The van der Waals surface area contributed by atoms with Crippen molar-refractivity contribution in [3.63, 3.8) is 0 Å². The van der Waals surface area contributed by atoms with E-state index >= 15 is 0 Å². The van der Waals surface area contributed by atoms with Crippen LogP contribution in [0.3, 0.4) is 0 Å². The lowest BCUT2D eigenvalue weighted by Gasteiger charge is -2.30. The fourth-order valence-corrected chi connectivity index (χ4v) is 2.67. The Balaban J connectivity index is 2.50. The SMILES string of the molecule is CC(C)CN1C(=O)COc2ccc(S(=O)(=O)Cl)cc21. The van der Waals surface area contributed by atoms with E-state index in [4.69, 9.17) is 15.4 Å². The molecule has 0 N–H and O–H groups in total. The predicted molar refractivity (Wildman–Crippen MR) is 72.2 cm³/mol. The van der Waals surface area contributed by atoms with Crippen molar-refractivity contribution in [2.75, 3.05) is 18.1 Å². The number of rotatable bonds is 3. The average Bonchev–Trinajstić information content (AvgIpc) is 2.30. The highest BCUT2D eigenvalue weighted by Crippen LogP contribution is 2.35. The minimum Gasteiger partial charge on any atom is -0.482 e. The van der Waals surface area contributed by atoms with Crippen LogP contribution in [-0.2, 0) is 13.8 Å². The second-order valence-corrected chi connectivity index (χ2v) is 7.32. The Morgan fingerprint density at radius 2 is 2.11 bits per heavy atom. The van der Waals surface area contributed by atoms with Crippen LogP contribution in [0.15, 0.2) is 23.1 Å². The molecule has 1 heterocycles. The first-order valence-corrected chi connectivity index (χ1v) is 8.12. The molecule has 1 aliphatic heterocycles. The van der Waals surface area contributed by atoms with Crippen molar-refractivity contribution < 1.29 is 17.9 Å². The van der Waals surface area contributed by atoms with E-state index in [-0.39, 0.29) is 23.3 Å². The molecule has 0 atom stereocenters. The number of hydrogen-bond donors (Lipinski definition) is 0. The molecular formula is C12H14ClNO4S. The van der Waals surface area contributed by atoms with Crippen LogP contribution in [0, 0.1) is 5.92 Å². The van der Waals surface area contributed by atoms with E-state index in [1.807, 2.05) is 13.8 Å². The molecule has 0 bridgehead atoms. The van der Waals surface area contributed by atoms with Gasteiger partial charge in [-0.15, -0.1) is 0 Å². The molecule has 2 rings (SSSR count). The van der Waals surface area contributed by atoms with Crippen LogP contribution < -0.4 is 9.64 Å². The molecule has 1 amide bonds. The Morgan fingerprint density at radius 1 is 1.42 bits per heavy atom. The molecule has 0 spiro atoms. The minimum atomic E-state index is -3.83. The van der Waals surface area contributed by atoms with Gasteiger partial charge in [0.15, 0.2) is 6.61 Å². The lowest BCUT2D eigenvalue weighted by Crippen LogP contribution is -2.41. The first-order chi connectivity index (χ1) is 8.79. The highest BCUT2D eigenvalue weighted by Gasteiger charge is 2.27. The molecule has 0 radical (unpaired) electrons. The zero-order valence-electron chi connectivity index (χ0n) is 10.6. The summed E-state index contributed by atoms with van der Waals surface area (Å²) in [7, 11) is 1.49. The largest absolute Gasteiger partial charge is 0.482 e. The molecule has 19 heavy (non-hydrogen) atoms. The fourth-order valence-electron chi connectivity index (χ4n) is 1.90. The number of benzene rings is 1. The van der Waals surface area contributed by atoms with Gasteiger partial charge in [0, 0.05) is 17.2 Å². The van der Waals surface area contributed by atoms with Gasteiger partial charge in [0.2, 0.25) is 0 Å². The number of hydrogen-bond acceptors (Lipinski definition) is 4. The predicted octanol–water partition coefficient (Wildman–Crippen LogP) is 2.00. The van der Waals surface area contributed by atoms with Crippen molar-refractivity contribution in [3.8, 4) is 5.75 Å². The standard InChI is InChI=1S/C12H14ClNO4S/c1-8(2)6-14-10-5-9(19(13,16)17)3-4-11(10)18-7-12(14)15/h3-5,8H,6-7H2,1-2H3. The molecule has 0 unspecified atom stereocenters. The zero-order chi connectivity index (χ0) is 14.2. The van der Waals surface area contributed by atoms with Crippen molar-refractivity contribution >= 4 is 31.3 Å². The van der Waals surface area contributed by atoms with Crippen LogP contribution in [0.1, 0.15) is 13.8 Å². The Kier molecular flexibility index (Phi) is 3.73. The van der Waals surface area contributed by atoms with Crippen molar-refractivity contribution in [1.29, 1.82) is 0 Å². The number of nitrogens with zero attached hydrogens (tertiary/aromatic N) is 1. The van der Waals surface area contributed by atoms with Crippen molar-refractivity contribution in [1.82, 2.24) is 0 Å². The Morgan fingerprint density at radius 3 is 2.68 bits per heavy atom. The van der Waals surface area contributed by atoms with E-state index in [1.165, 1.54) is 23.1 Å². The Labute approximate surface area is 116 Å². The molecule has 7 heteroatoms. The van der Waals surface area contributed by atoms with Gasteiger partial charge < -0.3 is 9.64 Å². The second-order valence-electron chi connectivity index (χ2n) is 4.75. The normalized spacial score (nSPS) is 15.4. The quantitative estimate of drug-likeness (QED) is 0.801. The second kappa shape index (κ2) is 5.02. The zero-order valence-corrected chi connectivity index (χ0v) is 12.2. The monoisotopic (exact) mass is 303 g/mol. The molecule has 1 aromatic rings. The van der Waals surface area contributed by atoms with E-state index in [0.29, 0.717) is 18.0 Å². The van der Waals surface area contributed by atoms with Crippen LogP contribution in [0.5, 0.6) is 5.75 Å².